The van der Waals surface area contributed by atoms with Gasteiger partial charge in [-0.3, -0.25) is 0 Å². The minimum absolute atomic E-state index is 1.09. The predicted octanol–water partition coefficient (Wildman–Crippen LogP) is 2.73. The smallest absolute Gasteiger partial charge is 0.0366 e. The maximum absolute atomic E-state index is 4.03. The zero-order valence-corrected chi connectivity index (χ0v) is 10.0. The maximum atomic E-state index is 4.03. The minimum Gasteiger partial charge on any atom is -0.374 e. The zero-order valence-electron chi connectivity index (χ0n) is 10.0. The monoisotopic (exact) mass is 216 g/mol. The lowest BCUT2D eigenvalue weighted by molar-refractivity contribution is 0.371. The highest BCUT2D eigenvalue weighted by Crippen LogP contribution is 2.16. The van der Waals surface area contributed by atoms with Crippen LogP contribution in [-0.4, -0.2) is 31.1 Å². The van der Waals surface area contributed by atoms with Crippen LogP contribution in [0.25, 0.3) is 0 Å². The molecule has 0 aliphatic carbocycles. The Labute approximate surface area is 98.2 Å². The van der Waals surface area contributed by atoms with E-state index in [-0.39, 0.29) is 0 Å². The standard InChI is InChI=1S/C14H20N2/c1-13(2)15-9-6-10-16(12-11-15)14-7-4-3-5-8-14/h3-5,7-8H,1,6,9-12H2,2H3. The third-order valence-electron chi connectivity index (χ3n) is 3.16. The van der Waals surface area contributed by atoms with E-state index in [2.05, 4.69) is 53.6 Å². The Bertz CT molecular complexity index is 345. The Morgan fingerprint density at radius 2 is 1.81 bits per heavy atom. The molecule has 0 radical (unpaired) electrons. The fraction of sp³-hybridized carbons (Fsp3) is 0.429. The van der Waals surface area contributed by atoms with E-state index < -0.39 is 0 Å². The number of anilines is 1. The zero-order chi connectivity index (χ0) is 11.4. The normalized spacial score (nSPS) is 17.1. The second-order valence-corrected chi connectivity index (χ2v) is 4.40. The number of hydrogen-bond acceptors (Lipinski definition) is 2. The molecule has 0 amide bonds. The first kappa shape index (κ1) is 11.1. The Hall–Kier alpha value is -1.44. The molecule has 0 N–H and O–H groups in total. The molecule has 2 rings (SSSR count). The van der Waals surface area contributed by atoms with Gasteiger partial charge >= 0.3 is 0 Å². The molecule has 1 heterocycles. The molecular weight excluding hydrogens is 196 g/mol. The van der Waals surface area contributed by atoms with Gasteiger partial charge in [0.2, 0.25) is 0 Å². The SMILES string of the molecule is C=C(C)N1CCCN(c2ccccc2)CC1. The largest absolute Gasteiger partial charge is 0.374 e. The summed E-state index contributed by atoms with van der Waals surface area (Å²) in [7, 11) is 0. The highest BCUT2D eigenvalue weighted by atomic mass is 15.2. The predicted molar refractivity (Wildman–Crippen MR) is 69.7 cm³/mol. The molecule has 1 fully saturated rings. The molecular formula is C14H20N2. The van der Waals surface area contributed by atoms with Gasteiger partial charge in [0.05, 0.1) is 0 Å². The summed E-state index contributed by atoms with van der Waals surface area (Å²) in [6, 6.07) is 10.7. The van der Waals surface area contributed by atoms with E-state index in [1.165, 1.54) is 17.8 Å². The van der Waals surface area contributed by atoms with Crippen LogP contribution in [0.2, 0.25) is 0 Å². The van der Waals surface area contributed by atoms with Crippen molar-refractivity contribution in [3.63, 3.8) is 0 Å². The van der Waals surface area contributed by atoms with Crippen LogP contribution in [0.4, 0.5) is 5.69 Å². The van der Waals surface area contributed by atoms with Gasteiger partial charge in [-0.15, -0.1) is 0 Å². The Morgan fingerprint density at radius 3 is 2.50 bits per heavy atom. The highest BCUT2D eigenvalue weighted by molar-refractivity contribution is 5.46. The topological polar surface area (TPSA) is 6.48 Å². The number of benzene rings is 1. The van der Waals surface area contributed by atoms with Gasteiger partial charge in [-0.1, -0.05) is 24.8 Å². The molecule has 1 aliphatic heterocycles. The fourth-order valence-electron chi connectivity index (χ4n) is 2.20. The fourth-order valence-corrected chi connectivity index (χ4v) is 2.20. The number of nitrogens with zero attached hydrogens (tertiary/aromatic N) is 2. The van der Waals surface area contributed by atoms with E-state index in [0.717, 1.165) is 26.2 Å². The van der Waals surface area contributed by atoms with Crippen molar-refractivity contribution in [2.45, 2.75) is 13.3 Å². The molecule has 2 heteroatoms. The van der Waals surface area contributed by atoms with Crippen molar-refractivity contribution in [1.29, 1.82) is 0 Å². The van der Waals surface area contributed by atoms with Crippen LogP contribution in [0.3, 0.4) is 0 Å². The summed E-state index contributed by atoms with van der Waals surface area (Å²) in [5.41, 5.74) is 2.53. The van der Waals surface area contributed by atoms with E-state index >= 15 is 0 Å². The van der Waals surface area contributed by atoms with Crippen molar-refractivity contribution in [1.82, 2.24) is 4.90 Å². The molecule has 0 unspecified atom stereocenters. The lowest BCUT2D eigenvalue weighted by Gasteiger charge is -2.24. The van der Waals surface area contributed by atoms with Gasteiger partial charge in [0.15, 0.2) is 0 Å². The Morgan fingerprint density at radius 1 is 1.06 bits per heavy atom. The molecule has 1 saturated heterocycles. The van der Waals surface area contributed by atoms with Crippen LogP contribution in [-0.2, 0) is 0 Å². The van der Waals surface area contributed by atoms with Crippen LogP contribution in [0.15, 0.2) is 42.6 Å². The first-order valence-electron chi connectivity index (χ1n) is 5.98. The van der Waals surface area contributed by atoms with E-state index in [0.29, 0.717) is 0 Å². The summed E-state index contributed by atoms with van der Waals surface area (Å²) in [4.78, 5) is 4.84. The van der Waals surface area contributed by atoms with Crippen molar-refractivity contribution in [2.24, 2.45) is 0 Å². The van der Waals surface area contributed by atoms with Gasteiger partial charge in [0.1, 0.15) is 0 Å². The van der Waals surface area contributed by atoms with Gasteiger partial charge in [0.25, 0.3) is 0 Å². The highest BCUT2D eigenvalue weighted by Gasteiger charge is 2.13. The second-order valence-electron chi connectivity index (χ2n) is 4.40. The van der Waals surface area contributed by atoms with E-state index in [9.17, 15) is 0 Å². The van der Waals surface area contributed by atoms with Crippen molar-refractivity contribution in [2.75, 3.05) is 31.1 Å². The molecule has 0 spiro atoms. The maximum Gasteiger partial charge on any atom is 0.0366 e. The van der Waals surface area contributed by atoms with Gasteiger partial charge in [-0.2, -0.15) is 0 Å². The minimum atomic E-state index is 1.09. The third kappa shape index (κ3) is 2.57. The molecule has 0 atom stereocenters. The van der Waals surface area contributed by atoms with Gasteiger partial charge in [-0.05, 0) is 25.5 Å². The lowest BCUT2D eigenvalue weighted by Crippen LogP contribution is -2.29. The van der Waals surface area contributed by atoms with Gasteiger partial charge < -0.3 is 9.80 Å². The summed E-state index contributed by atoms with van der Waals surface area (Å²) >= 11 is 0. The van der Waals surface area contributed by atoms with Crippen molar-refractivity contribution in [3.05, 3.63) is 42.6 Å². The average molecular weight is 216 g/mol. The summed E-state index contributed by atoms with van der Waals surface area (Å²) < 4.78 is 0. The van der Waals surface area contributed by atoms with E-state index in [1.807, 2.05) is 0 Å². The molecule has 0 saturated carbocycles. The number of rotatable bonds is 2. The summed E-state index contributed by atoms with van der Waals surface area (Å²) in [5.74, 6) is 0. The molecule has 0 bridgehead atoms. The van der Waals surface area contributed by atoms with Crippen molar-refractivity contribution in [3.8, 4) is 0 Å². The quantitative estimate of drug-likeness (QED) is 0.750. The Balaban J connectivity index is 2.02. The summed E-state index contributed by atoms with van der Waals surface area (Å²) in [5, 5.41) is 0. The van der Waals surface area contributed by atoms with Gasteiger partial charge in [0, 0.05) is 37.6 Å². The van der Waals surface area contributed by atoms with Crippen LogP contribution < -0.4 is 4.90 Å². The molecule has 1 aliphatic rings. The second kappa shape index (κ2) is 5.06. The Kier molecular flexibility index (Phi) is 3.50. The van der Waals surface area contributed by atoms with Crippen LogP contribution in [0.5, 0.6) is 0 Å². The first-order valence-corrected chi connectivity index (χ1v) is 5.98. The molecule has 1 aromatic rings. The van der Waals surface area contributed by atoms with Crippen LogP contribution >= 0.6 is 0 Å². The van der Waals surface area contributed by atoms with Crippen LogP contribution in [0, 0.1) is 0 Å². The third-order valence-corrected chi connectivity index (χ3v) is 3.16. The number of para-hydroxylation sites is 1. The lowest BCUT2D eigenvalue weighted by atomic mass is 10.3. The van der Waals surface area contributed by atoms with Gasteiger partial charge in [-0.25, -0.2) is 0 Å². The van der Waals surface area contributed by atoms with E-state index in [1.54, 1.807) is 0 Å². The van der Waals surface area contributed by atoms with Crippen molar-refractivity contribution < 1.29 is 0 Å². The summed E-state index contributed by atoms with van der Waals surface area (Å²) in [6.45, 7) is 10.6. The number of allylic oxidation sites excluding steroid dienone is 1. The molecule has 86 valence electrons. The first-order chi connectivity index (χ1) is 7.77. The average Bonchev–Trinajstić information content (AvgIpc) is 2.55. The number of hydrogen-bond donors (Lipinski definition) is 0. The van der Waals surface area contributed by atoms with Crippen LogP contribution in [0.1, 0.15) is 13.3 Å². The van der Waals surface area contributed by atoms with E-state index in [4.69, 9.17) is 0 Å². The molecule has 2 nitrogen and oxygen atoms in total. The molecule has 1 aromatic carbocycles. The molecule has 0 aromatic heterocycles. The summed E-state index contributed by atoms with van der Waals surface area (Å²) in [6.07, 6.45) is 1.21. The molecule has 16 heavy (non-hydrogen) atoms. The van der Waals surface area contributed by atoms with Crippen molar-refractivity contribution >= 4 is 5.69 Å².